The van der Waals surface area contributed by atoms with E-state index >= 15 is 4.79 Å². The maximum Gasteiger partial charge on any atom is 0.226 e. The van der Waals surface area contributed by atoms with Crippen molar-refractivity contribution < 1.29 is 82.4 Å². The number of aromatic nitrogens is 4. The largest absolute Gasteiger partial charge is 0.508 e. The quantitative estimate of drug-likeness (QED) is 0.0158. The van der Waals surface area contributed by atoms with E-state index in [2.05, 4.69) is 74.7 Å². The number of rotatable bonds is 73. The molecule has 132 heavy (non-hydrogen) atoms. The van der Waals surface area contributed by atoms with Gasteiger partial charge in [0.15, 0.2) is 52.6 Å². The van der Waals surface area contributed by atoms with Gasteiger partial charge in [-0.1, -0.05) is 167 Å². The second kappa shape index (κ2) is 62.5. The minimum Gasteiger partial charge on any atom is -0.508 e. The highest BCUT2D eigenvalue weighted by Crippen LogP contribution is 2.27. The first-order valence-corrected chi connectivity index (χ1v) is 46.8. The molecule has 4 rings (SSSR count). The lowest BCUT2D eigenvalue weighted by Gasteiger charge is -2.28. The van der Waals surface area contributed by atoms with E-state index in [1.807, 2.05) is 30.3 Å². The molecule has 8 amide bonds. The van der Waals surface area contributed by atoms with Crippen molar-refractivity contribution in [3.8, 4) is 5.75 Å². The number of carbonyl (C=O) groups is 14. The van der Waals surface area contributed by atoms with Crippen molar-refractivity contribution in [3.05, 3.63) is 102 Å². The Morgan fingerprint density at radius 1 is 0.409 bits per heavy atom. The number of nitrogens with zero attached hydrogens (tertiary/aromatic N) is 2. The summed E-state index contributed by atoms with van der Waals surface area (Å²) in [6, 6.07) is 6.10. The molecule has 0 spiro atoms. The lowest BCUT2D eigenvalue weighted by molar-refractivity contribution is -0.138. The van der Waals surface area contributed by atoms with Crippen LogP contribution in [0.1, 0.15) is 257 Å². The molecule has 2 aromatic heterocycles. The number of nitrogens with two attached hydrogens (primary N) is 5. The monoisotopic (exact) mass is 1840 g/mol. The number of imidazole rings is 2. The number of aromatic amines is 2. The Labute approximate surface area is 775 Å². The lowest BCUT2D eigenvalue weighted by Crippen LogP contribution is -2.52. The Hall–Kier alpha value is -11.8. The number of aliphatic hydroxyl groups excluding tert-OH is 2. The van der Waals surface area contributed by atoms with Gasteiger partial charge >= 0.3 is 0 Å². The van der Waals surface area contributed by atoms with E-state index in [-0.39, 0.29) is 145 Å². The van der Waals surface area contributed by atoms with Gasteiger partial charge in [-0.3, -0.25) is 83.4 Å². The number of guanidine groups is 3. The smallest absolute Gasteiger partial charge is 0.226 e. The van der Waals surface area contributed by atoms with Crippen LogP contribution < -0.4 is 76.5 Å². The van der Waals surface area contributed by atoms with Crippen LogP contribution in [-0.4, -0.2) is 204 Å². The molecule has 0 aliphatic rings. The Kier molecular flexibility index (Phi) is 53.3. The minimum absolute atomic E-state index is 0.0114. The summed E-state index contributed by atoms with van der Waals surface area (Å²) >= 11 is 0. The van der Waals surface area contributed by atoms with Gasteiger partial charge in [-0.05, 0) is 106 Å². The summed E-state index contributed by atoms with van der Waals surface area (Å²) in [4.78, 5) is 215. The predicted octanol–water partition coefficient (Wildman–Crippen LogP) is 4.96. The van der Waals surface area contributed by atoms with Crippen LogP contribution in [0.5, 0.6) is 5.75 Å². The molecule has 0 aliphatic carbocycles. The standard InChI is InChI=1S/C94H149N21O17/c1-7-9-10-11-12-13-14-15-16-17-18-19-20-24-33-83(126)110-73(43-61-28-22-21-23-29-61)77(120)45-63(30-25-38-105-92(97)98)87(128)111-72(32-27-40-107-94(101)102)76(119)48-66(41-58(3)4)89(130)112-74(51-70-54-104-57-109-70)79(122)50-68(55-116)91(132)115-85(60(6)117)81(124)46-64(31-26-39-106-93(99)100)88(129)113-75(52-82(95)125)78(121)49-67(42-62-34-36-71(118)37-35-62)90(131)114-84(59(5)8-2)80(123)47-65(86(96)127)44-69-53-103-56-108-69/h21-23,28-29,34-37,53-54,56-60,63-68,72-75,84-85,116-118H,7-20,24-27,30-33,38-52,55H2,1-6H3,(H2,95,125)(H2,96,127)(H,103,108)(H,104,109)(H,110,126)(H,111,128)(H,112,130)(H,113,129)(H,114,131)(H,115,132)(H4,97,98,105)(H4,99,100,106)(H4,101,102,107)/t59-,60+,63+,64+,65+,66+,67+,68-,72-,73-,74-,75-,84-,85-/m0/s1. The number of Topliss-reactive ketones (excluding diaryl/α,β-unsaturated/α-hetero) is 6. The van der Waals surface area contributed by atoms with Gasteiger partial charge in [-0.15, -0.1) is 0 Å². The SMILES string of the molecule is CCCCCCCCCCCCCCCCC(=O)N[C@@H](Cc1ccccc1)C(=O)C[C@@H](CCCNC(=N)N)C(=O)N[C@@H](CCCNC(=N)N)C(=O)C[C@@H](CC(C)C)C(=O)N[C@@H](Cc1c[nH]cn1)C(=O)C[C@@H](CO)C(=O)N[C@H](C(=O)C[C@@H](CCCNC(=N)N)C(=O)N[C@@H](CC(N)=O)C(=O)C[C@@H](Cc1ccc(O)cc1)C(=O)N[C@H](C(=O)C[C@@H](Cc1c[nH]cn1)C(N)=O)[C@@H](C)CC)[C@@H](C)O. The lowest BCUT2D eigenvalue weighted by atomic mass is 9.86. The molecule has 0 unspecified atom stereocenters. The zero-order chi connectivity index (χ0) is 97.6. The van der Waals surface area contributed by atoms with Crippen molar-refractivity contribution in [1.29, 1.82) is 16.2 Å². The molecule has 2 aromatic carbocycles. The first-order valence-electron chi connectivity index (χ1n) is 46.8. The molecule has 0 radical (unpaired) electrons. The second-order valence-corrected chi connectivity index (χ2v) is 35.4. The maximum absolute atomic E-state index is 15.0. The molecule has 732 valence electrons. The third-order valence-electron chi connectivity index (χ3n) is 23.7. The minimum atomic E-state index is -1.86. The van der Waals surface area contributed by atoms with E-state index in [0.29, 0.717) is 24.1 Å². The fourth-order valence-corrected chi connectivity index (χ4v) is 15.9. The number of nitrogens with one attached hydrogen (secondary N) is 14. The van der Waals surface area contributed by atoms with Gasteiger partial charge in [-0.2, -0.15) is 0 Å². The van der Waals surface area contributed by atoms with Crippen molar-refractivity contribution in [1.82, 2.24) is 67.8 Å². The summed E-state index contributed by atoms with van der Waals surface area (Å²) in [5.41, 5.74) is 30.2. The van der Waals surface area contributed by atoms with Gasteiger partial charge in [-0.25, -0.2) is 9.97 Å². The fraction of sp³-hybridized carbons (Fsp3) is 0.628. The second-order valence-electron chi connectivity index (χ2n) is 35.4. The number of amides is 8. The van der Waals surface area contributed by atoms with Crippen molar-refractivity contribution in [3.63, 3.8) is 0 Å². The first kappa shape index (κ1) is 112. The number of phenolic OH excluding ortho intramolecular Hbond substituents is 1. The molecule has 38 nitrogen and oxygen atoms in total. The topological polar surface area (TPSA) is 667 Å². The van der Waals surface area contributed by atoms with Gasteiger partial charge in [0, 0.05) is 113 Å². The van der Waals surface area contributed by atoms with Crippen LogP contribution in [0.2, 0.25) is 0 Å². The Morgan fingerprint density at radius 2 is 0.818 bits per heavy atom. The fourth-order valence-electron chi connectivity index (χ4n) is 15.9. The van der Waals surface area contributed by atoms with E-state index < -0.39 is 205 Å². The van der Waals surface area contributed by atoms with Crippen molar-refractivity contribution in [2.45, 2.75) is 302 Å². The number of aromatic hydroxyl groups is 1. The number of hydrogen-bond acceptors (Lipinski definition) is 22. The molecule has 0 fully saturated rings. The van der Waals surface area contributed by atoms with E-state index in [9.17, 15) is 77.6 Å². The van der Waals surface area contributed by atoms with Crippen molar-refractivity contribution in [2.24, 2.45) is 76.0 Å². The molecular formula is C94H149N21O17. The van der Waals surface area contributed by atoms with E-state index in [1.165, 1.54) is 101 Å². The van der Waals surface area contributed by atoms with Gasteiger partial charge in [0.1, 0.15) is 11.8 Å². The van der Waals surface area contributed by atoms with Crippen LogP contribution in [0.4, 0.5) is 0 Å². The average Bonchev–Trinajstić information content (AvgIpc) is 0.919. The highest BCUT2D eigenvalue weighted by Gasteiger charge is 2.40. The van der Waals surface area contributed by atoms with Crippen LogP contribution >= 0.6 is 0 Å². The summed E-state index contributed by atoms with van der Waals surface area (Å²) < 4.78 is 0. The van der Waals surface area contributed by atoms with Gasteiger partial charge < -0.3 is 102 Å². The summed E-state index contributed by atoms with van der Waals surface area (Å²) in [6.45, 7) is 9.59. The highest BCUT2D eigenvalue weighted by molar-refractivity contribution is 6.01. The van der Waals surface area contributed by atoms with Gasteiger partial charge in [0.2, 0.25) is 47.3 Å². The molecule has 0 aliphatic heterocycles. The summed E-state index contributed by atoms with van der Waals surface area (Å²) in [5, 5.41) is 79.9. The molecular weight excluding hydrogens is 1700 g/mol. The molecule has 38 heteroatoms. The number of benzene rings is 2. The summed E-state index contributed by atoms with van der Waals surface area (Å²) in [6.07, 6.45) is 16.0. The Balaban J connectivity index is 1.59. The molecule has 0 saturated carbocycles. The molecule has 27 N–H and O–H groups in total. The Morgan fingerprint density at radius 3 is 1.30 bits per heavy atom. The van der Waals surface area contributed by atoms with E-state index in [4.69, 9.17) is 44.9 Å². The number of carbonyl (C=O) groups excluding carboxylic acids is 14. The van der Waals surface area contributed by atoms with Crippen LogP contribution in [0, 0.1) is 63.6 Å². The van der Waals surface area contributed by atoms with Gasteiger partial charge in [0.05, 0.1) is 85.2 Å². The summed E-state index contributed by atoms with van der Waals surface area (Å²) in [7, 11) is 0. The number of aliphatic hydroxyl groups is 2. The zero-order valence-electron chi connectivity index (χ0n) is 77.9. The normalized spacial score (nSPS) is 14.5. The van der Waals surface area contributed by atoms with E-state index in [0.717, 1.165) is 38.2 Å². The Bertz CT molecular complexity index is 4270. The number of phenols is 1. The number of primary amides is 2. The summed E-state index contributed by atoms with van der Waals surface area (Å²) in [5.74, 6) is -20.8. The molecule has 2 heterocycles. The maximum atomic E-state index is 15.0. The number of H-pyrrole nitrogens is 2. The number of ketones is 6. The van der Waals surface area contributed by atoms with Crippen molar-refractivity contribution in [2.75, 3.05) is 26.2 Å². The third-order valence-corrected chi connectivity index (χ3v) is 23.7. The molecule has 14 atom stereocenters. The highest BCUT2D eigenvalue weighted by atomic mass is 16.3. The number of hydrogen-bond donors (Lipinski definition) is 22. The molecule has 0 saturated heterocycles. The third kappa shape index (κ3) is 45.3. The molecule has 0 bridgehead atoms. The van der Waals surface area contributed by atoms with Crippen molar-refractivity contribution >= 4 is 99.8 Å². The van der Waals surface area contributed by atoms with Crippen LogP contribution in [0.3, 0.4) is 0 Å². The van der Waals surface area contributed by atoms with Gasteiger partial charge in [0.25, 0.3) is 0 Å². The number of unbranched alkanes of at least 4 members (excludes halogenated alkanes) is 13. The van der Waals surface area contributed by atoms with Crippen LogP contribution in [0.15, 0.2) is 79.6 Å². The van der Waals surface area contributed by atoms with Crippen LogP contribution in [-0.2, 0) is 92.8 Å². The predicted molar refractivity (Wildman–Crippen MR) is 500 cm³/mol. The van der Waals surface area contributed by atoms with Crippen LogP contribution in [0.25, 0.3) is 0 Å². The first-order chi connectivity index (χ1) is 62.9. The van der Waals surface area contributed by atoms with E-state index in [1.54, 1.807) is 33.9 Å². The average molecular weight is 1850 g/mol. The zero-order valence-corrected chi connectivity index (χ0v) is 77.9. The molecule has 4 aromatic rings.